The van der Waals surface area contributed by atoms with Gasteiger partial charge in [-0.3, -0.25) is 4.79 Å². The molecule has 5 nitrogen and oxygen atoms in total. The number of carbonyl (C=O) groups is 2. The second-order valence-electron chi connectivity index (χ2n) is 5.77. The molecule has 0 spiro atoms. The summed E-state index contributed by atoms with van der Waals surface area (Å²) in [5.74, 6) is -0.0952. The fourth-order valence-electron chi connectivity index (χ4n) is 2.13. The zero-order valence-corrected chi connectivity index (χ0v) is 13.9. The molecule has 0 atom stereocenters. The average Bonchev–Trinajstić information content (AvgIpc) is 2.60. The van der Waals surface area contributed by atoms with Crippen LogP contribution in [0.25, 0.3) is 0 Å². The molecule has 0 unspecified atom stereocenters. The average molecular weight is 326 g/mol. The van der Waals surface area contributed by atoms with Crippen molar-refractivity contribution in [2.75, 3.05) is 0 Å². The summed E-state index contributed by atoms with van der Waals surface area (Å²) in [5, 5.41) is 2.82. The van der Waals surface area contributed by atoms with E-state index in [1.54, 1.807) is 30.3 Å². The van der Waals surface area contributed by atoms with Gasteiger partial charge in [0.05, 0.1) is 5.56 Å². The molecule has 24 heavy (non-hydrogen) atoms. The minimum absolute atomic E-state index is 0.0279. The van der Waals surface area contributed by atoms with Crippen LogP contribution in [0.2, 0.25) is 0 Å². The van der Waals surface area contributed by atoms with Crippen LogP contribution in [0.3, 0.4) is 0 Å². The molecule has 2 aromatic carbocycles. The zero-order chi connectivity index (χ0) is 17.5. The maximum Gasteiger partial charge on any atom is 0.343 e. The minimum atomic E-state index is -0.451. The van der Waals surface area contributed by atoms with Gasteiger partial charge in [0.1, 0.15) is 5.75 Å². The molecule has 0 radical (unpaired) electrons. The Morgan fingerprint density at radius 2 is 1.88 bits per heavy atom. The van der Waals surface area contributed by atoms with Crippen molar-refractivity contribution in [1.82, 2.24) is 5.32 Å². The summed E-state index contributed by atoms with van der Waals surface area (Å²) in [4.78, 5) is 24.0. The van der Waals surface area contributed by atoms with E-state index in [4.69, 9.17) is 10.5 Å². The number of carbonyl (C=O) groups excluding carboxylic acids is 2. The van der Waals surface area contributed by atoms with Crippen LogP contribution in [0.4, 0.5) is 0 Å². The standard InChI is InChI=1S/C19H22N2O3/c1-13(2)18(22)21-12-14-6-5-8-15(10-14)19(23)24-17-9-4-3-7-16(17)11-20/h3-10,13H,11-12,20H2,1-2H3,(H,21,22). The van der Waals surface area contributed by atoms with Crippen molar-refractivity contribution in [3.63, 3.8) is 0 Å². The zero-order valence-electron chi connectivity index (χ0n) is 13.9. The number of esters is 1. The summed E-state index contributed by atoms with van der Waals surface area (Å²) < 4.78 is 5.44. The van der Waals surface area contributed by atoms with Gasteiger partial charge in [0.25, 0.3) is 0 Å². The third-order valence-electron chi connectivity index (χ3n) is 3.55. The Bertz CT molecular complexity index is 726. The molecular weight excluding hydrogens is 304 g/mol. The maximum atomic E-state index is 12.3. The molecule has 2 aromatic rings. The van der Waals surface area contributed by atoms with E-state index in [-0.39, 0.29) is 11.8 Å². The van der Waals surface area contributed by atoms with Gasteiger partial charge < -0.3 is 15.8 Å². The largest absolute Gasteiger partial charge is 0.423 e. The van der Waals surface area contributed by atoms with Crippen LogP contribution < -0.4 is 15.8 Å². The van der Waals surface area contributed by atoms with Crippen molar-refractivity contribution in [3.8, 4) is 5.75 Å². The molecule has 0 bridgehead atoms. The number of nitrogens with one attached hydrogen (secondary N) is 1. The first-order valence-electron chi connectivity index (χ1n) is 7.88. The van der Waals surface area contributed by atoms with E-state index < -0.39 is 5.97 Å². The number of para-hydroxylation sites is 1. The SMILES string of the molecule is CC(C)C(=O)NCc1cccc(C(=O)Oc2ccccc2CN)c1. The van der Waals surface area contributed by atoms with Crippen molar-refractivity contribution in [2.45, 2.75) is 26.9 Å². The number of ether oxygens (including phenoxy) is 1. The summed E-state index contributed by atoms with van der Waals surface area (Å²) in [5.41, 5.74) is 7.69. The maximum absolute atomic E-state index is 12.3. The predicted molar refractivity (Wildman–Crippen MR) is 92.4 cm³/mol. The van der Waals surface area contributed by atoms with Gasteiger partial charge >= 0.3 is 5.97 Å². The molecule has 0 aliphatic heterocycles. The molecule has 0 heterocycles. The number of hydrogen-bond donors (Lipinski definition) is 2. The third kappa shape index (κ3) is 4.67. The molecule has 0 saturated heterocycles. The van der Waals surface area contributed by atoms with Gasteiger partial charge in [0, 0.05) is 24.6 Å². The van der Waals surface area contributed by atoms with E-state index in [0.717, 1.165) is 11.1 Å². The third-order valence-corrected chi connectivity index (χ3v) is 3.55. The number of benzene rings is 2. The van der Waals surface area contributed by atoms with Gasteiger partial charge in [0.15, 0.2) is 0 Å². The van der Waals surface area contributed by atoms with Gasteiger partial charge in [-0.2, -0.15) is 0 Å². The number of amides is 1. The van der Waals surface area contributed by atoms with Crippen molar-refractivity contribution >= 4 is 11.9 Å². The predicted octanol–water partition coefficient (Wildman–Crippen LogP) is 2.64. The first kappa shape index (κ1) is 17.7. The van der Waals surface area contributed by atoms with Gasteiger partial charge in [-0.25, -0.2) is 4.79 Å². The molecular formula is C19H22N2O3. The Morgan fingerprint density at radius 1 is 1.12 bits per heavy atom. The van der Waals surface area contributed by atoms with Crippen molar-refractivity contribution in [2.24, 2.45) is 11.7 Å². The molecule has 3 N–H and O–H groups in total. The lowest BCUT2D eigenvalue weighted by Crippen LogP contribution is -2.27. The monoisotopic (exact) mass is 326 g/mol. The normalized spacial score (nSPS) is 10.5. The molecule has 0 aliphatic carbocycles. The molecule has 126 valence electrons. The van der Waals surface area contributed by atoms with Gasteiger partial charge in [-0.05, 0) is 23.8 Å². The topological polar surface area (TPSA) is 81.4 Å². The fraction of sp³-hybridized carbons (Fsp3) is 0.263. The van der Waals surface area contributed by atoms with Crippen molar-refractivity contribution in [3.05, 3.63) is 65.2 Å². The summed E-state index contributed by atoms with van der Waals surface area (Å²) in [7, 11) is 0. The van der Waals surface area contributed by atoms with Crippen LogP contribution >= 0.6 is 0 Å². The highest BCUT2D eigenvalue weighted by Crippen LogP contribution is 2.19. The van der Waals surface area contributed by atoms with Gasteiger partial charge in [-0.1, -0.05) is 44.2 Å². The Kier molecular flexibility index (Phi) is 6.09. The van der Waals surface area contributed by atoms with Crippen LogP contribution in [-0.2, 0) is 17.9 Å². The minimum Gasteiger partial charge on any atom is -0.423 e. The number of rotatable bonds is 6. The smallest absolute Gasteiger partial charge is 0.343 e. The Hall–Kier alpha value is -2.66. The van der Waals surface area contributed by atoms with Crippen molar-refractivity contribution in [1.29, 1.82) is 0 Å². The summed E-state index contributed by atoms with van der Waals surface area (Å²) in [6.07, 6.45) is 0. The quantitative estimate of drug-likeness (QED) is 0.631. The van der Waals surface area contributed by atoms with E-state index in [9.17, 15) is 9.59 Å². The first-order chi connectivity index (χ1) is 11.5. The van der Waals surface area contributed by atoms with E-state index in [1.807, 2.05) is 32.0 Å². The summed E-state index contributed by atoms with van der Waals surface area (Å²) >= 11 is 0. The first-order valence-corrected chi connectivity index (χ1v) is 7.88. The second kappa shape index (κ2) is 8.26. The van der Waals surface area contributed by atoms with Crippen molar-refractivity contribution < 1.29 is 14.3 Å². The van der Waals surface area contributed by atoms with E-state index in [1.165, 1.54) is 0 Å². The van der Waals surface area contributed by atoms with Crippen LogP contribution in [0.5, 0.6) is 5.75 Å². The van der Waals surface area contributed by atoms with E-state index >= 15 is 0 Å². The lowest BCUT2D eigenvalue weighted by Gasteiger charge is -2.10. The Morgan fingerprint density at radius 3 is 2.58 bits per heavy atom. The molecule has 2 rings (SSSR count). The molecule has 0 fully saturated rings. The number of nitrogens with two attached hydrogens (primary N) is 1. The number of hydrogen-bond acceptors (Lipinski definition) is 4. The molecule has 0 aliphatic rings. The highest BCUT2D eigenvalue weighted by Gasteiger charge is 2.12. The van der Waals surface area contributed by atoms with Gasteiger partial charge in [0.2, 0.25) is 5.91 Å². The van der Waals surface area contributed by atoms with E-state index in [0.29, 0.717) is 24.4 Å². The highest BCUT2D eigenvalue weighted by molar-refractivity contribution is 5.91. The van der Waals surface area contributed by atoms with E-state index in [2.05, 4.69) is 5.32 Å². The molecule has 0 saturated carbocycles. The molecule has 5 heteroatoms. The second-order valence-corrected chi connectivity index (χ2v) is 5.77. The van der Waals surface area contributed by atoms with Crippen LogP contribution in [-0.4, -0.2) is 11.9 Å². The Balaban J connectivity index is 2.07. The molecule has 0 aromatic heterocycles. The molecule has 1 amide bonds. The van der Waals surface area contributed by atoms with Gasteiger partial charge in [-0.15, -0.1) is 0 Å². The van der Waals surface area contributed by atoms with Crippen LogP contribution in [0.1, 0.15) is 35.3 Å². The lowest BCUT2D eigenvalue weighted by molar-refractivity contribution is -0.124. The summed E-state index contributed by atoms with van der Waals surface area (Å²) in [6.45, 7) is 4.33. The fourth-order valence-corrected chi connectivity index (χ4v) is 2.13. The lowest BCUT2D eigenvalue weighted by atomic mass is 10.1. The summed E-state index contributed by atoms with van der Waals surface area (Å²) in [6, 6.07) is 14.2. The highest BCUT2D eigenvalue weighted by atomic mass is 16.5. The van der Waals surface area contributed by atoms with Crippen LogP contribution in [0.15, 0.2) is 48.5 Å². The van der Waals surface area contributed by atoms with Crippen LogP contribution in [0, 0.1) is 5.92 Å². The Labute approximate surface area is 141 Å².